The monoisotopic (exact) mass is 952 g/mol. The first-order chi connectivity index (χ1) is 30.1. The second-order valence-corrected chi connectivity index (χ2v) is 15.9. The Kier molecular flexibility index (Phi) is 14.1. The molecule has 8 rings (SSSR count). The molecule has 312 valence electrons. The van der Waals surface area contributed by atoms with Gasteiger partial charge in [0.15, 0.2) is 0 Å². The number of rotatable bonds is 13. The molecule has 0 aliphatic heterocycles. The molecule has 0 saturated carbocycles. The minimum atomic E-state index is -1.01. The van der Waals surface area contributed by atoms with Crippen molar-refractivity contribution in [2.75, 3.05) is 6.61 Å². The molecule has 0 saturated heterocycles. The molecule has 62 heavy (non-hydrogen) atoms. The van der Waals surface area contributed by atoms with Crippen LogP contribution in [0.2, 0.25) is 0 Å². The van der Waals surface area contributed by atoms with Crippen LogP contribution in [0.5, 0.6) is 11.5 Å². The number of carboxylic acids is 1. The third kappa shape index (κ3) is 10.4. The molecule has 0 aliphatic carbocycles. The summed E-state index contributed by atoms with van der Waals surface area (Å²) in [5, 5.41) is 9.35. The van der Waals surface area contributed by atoms with Gasteiger partial charge in [-0.1, -0.05) is 92.5 Å². The summed E-state index contributed by atoms with van der Waals surface area (Å²) in [4.78, 5) is 32.0. The lowest BCUT2D eigenvalue weighted by atomic mass is 10.1. The van der Waals surface area contributed by atoms with Gasteiger partial charge < -0.3 is 28.5 Å². The van der Waals surface area contributed by atoms with Gasteiger partial charge in [-0.25, -0.2) is 9.59 Å². The van der Waals surface area contributed by atoms with E-state index in [0.29, 0.717) is 31.1 Å². The maximum absolute atomic E-state index is 12.2. The molecule has 4 aromatic heterocycles. The maximum atomic E-state index is 12.2. The first kappa shape index (κ1) is 43.3. The summed E-state index contributed by atoms with van der Waals surface area (Å²) < 4.78 is 23.4. The van der Waals surface area contributed by atoms with Crippen LogP contribution >= 0.6 is 31.9 Å². The van der Waals surface area contributed by atoms with Gasteiger partial charge in [0.05, 0.1) is 52.9 Å². The molecule has 10 nitrogen and oxygen atoms in total. The number of aryl methyl sites for hydroxylation is 2. The van der Waals surface area contributed by atoms with E-state index in [0.717, 1.165) is 71.2 Å². The molecule has 4 aromatic carbocycles. The normalized spacial score (nSPS) is 10.7. The van der Waals surface area contributed by atoms with Crippen LogP contribution < -0.4 is 9.47 Å². The SMILES string of the molecule is CCOC(=O)c1cncc(-n2c(C)ccc2-c2cc(Br)ccc2OCc2ccccc2)c1.Cc1ccc(-c2cc(Br)ccc2OCc2ccccc2)n1-c1cncc(C(=O)O)c1. The van der Waals surface area contributed by atoms with E-state index in [4.69, 9.17) is 14.2 Å². The number of carboxylic acid groups (broad SMARTS) is 1. The molecule has 8 aromatic rings. The Balaban J connectivity index is 0.000000187. The summed E-state index contributed by atoms with van der Waals surface area (Å²) in [5.41, 5.74) is 9.83. The van der Waals surface area contributed by atoms with Crippen LogP contribution in [0.4, 0.5) is 0 Å². The first-order valence-electron chi connectivity index (χ1n) is 19.7. The van der Waals surface area contributed by atoms with Crippen molar-refractivity contribution in [3.05, 3.63) is 201 Å². The Morgan fingerprint density at radius 2 is 1.03 bits per heavy atom. The number of halogens is 2. The van der Waals surface area contributed by atoms with Crippen LogP contribution in [0, 0.1) is 13.8 Å². The average Bonchev–Trinajstić information content (AvgIpc) is 3.88. The van der Waals surface area contributed by atoms with Gasteiger partial charge in [-0.15, -0.1) is 0 Å². The zero-order valence-electron chi connectivity index (χ0n) is 34.2. The Morgan fingerprint density at radius 3 is 1.48 bits per heavy atom. The smallest absolute Gasteiger partial charge is 0.339 e. The second-order valence-electron chi connectivity index (χ2n) is 14.1. The summed E-state index contributed by atoms with van der Waals surface area (Å²) in [7, 11) is 0. The van der Waals surface area contributed by atoms with E-state index in [1.165, 1.54) is 12.4 Å². The quantitative estimate of drug-likeness (QED) is 0.114. The predicted molar refractivity (Wildman–Crippen MR) is 247 cm³/mol. The second kappa shape index (κ2) is 20.2. The molecule has 0 spiro atoms. The fourth-order valence-corrected chi connectivity index (χ4v) is 7.58. The number of esters is 1. The number of aromatic nitrogens is 4. The third-order valence-electron chi connectivity index (χ3n) is 9.78. The van der Waals surface area contributed by atoms with Crippen molar-refractivity contribution < 1.29 is 28.9 Å². The minimum absolute atomic E-state index is 0.140. The molecule has 0 fully saturated rings. The van der Waals surface area contributed by atoms with Crippen LogP contribution in [-0.2, 0) is 18.0 Å². The lowest BCUT2D eigenvalue weighted by Crippen LogP contribution is -2.07. The largest absolute Gasteiger partial charge is 0.488 e. The molecule has 4 heterocycles. The third-order valence-corrected chi connectivity index (χ3v) is 10.8. The molecule has 12 heteroatoms. The Bertz CT molecular complexity index is 2820. The van der Waals surface area contributed by atoms with E-state index in [1.54, 1.807) is 31.5 Å². The van der Waals surface area contributed by atoms with Crippen molar-refractivity contribution in [3.63, 3.8) is 0 Å². The summed E-state index contributed by atoms with van der Waals surface area (Å²) in [6, 6.07) is 43.4. The standard InChI is InChI=1S/C26H23BrN2O3.C24H19BrN2O3/c1-3-31-26(30)20-13-22(16-28-15-20)29-18(2)9-11-24(29)23-14-21(27)10-12-25(23)32-17-19-7-5-4-6-8-19;1-16-7-9-22(27(16)20-11-18(24(28)29)13-26-14-20)21-12-19(25)8-10-23(21)30-15-17-5-3-2-4-6-17/h4-16H,3,17H2,1-2H3;2-14H,15H2,1H3,(H,28,29). The van der Waals surface area contributed by atoms with E-state index >= 15 is 0 Å². The number of hydrogen-bond donors (Lipinski definition) is 1. The molecule has 0 aliphatic rings. The fraction of sp³-hybridized carbons (Fsp3) is 0.120. The lowest BCUT2D eigenvalue weighted by molar-refractivity contribution is 0.0525. The van der Waals surface area contributed by atoms with Crippen LogP contribution in [0.3, 0.4) is 0 Å². The van der Waals surface area contributed by atoms with Crippen molar-refractivity contribution in [1.82, 2.24) is 19.1 Å². The number of nitrogens with zero attached hydrogens (tertiary/aromatic N) is 4. The predicted octanol–water partition coefficient (Wildman–Crippen LogP) is 12.3. The van der Waals surface area contributed by atoms with Gasteiger partial charge in [-0.3, -0.25) is 9.97 Å². The van der Waals surface area contributed by atoms with Crippen LogP contribution in [0.1, 0.15) is 50.2 Å². The van der Waals surface area contributed by atoms with Gasteiger partial charge in [0, 0.05) is 43.9 Å². The van der Waals surface area contributed by atoms with Gasteiger partial charge in [-0.2, -0.15) is 0 Å². The van der Waals surface area contributed by atoms with Gasteiger partial charge in [0.25, 0.3) is 0 Å². The lowest BCUT2D eigenvalue weighted by Gasteiger charge is -2.16. The van der Waals surface area contributed by atoms with Gasteiger partial charge in [0.2, 0.25) is 0 Å². The fourth-order valence-electron chi connectivity index (χ4n) is 6.85. The van der Waals surface area contributed by atoms with Crippen LogP contribution in [-0.4, -0.2) is 42.8 Å². The number of ether oxygens (including phenoxy) is 3. The highest BCUT2D eigenvalue weighted by molar-refractivity contribution is 9.10. The zero-order valence-corrected chi connectivity index (χ0v) is 37.3. The summed E-state index contributed by atoms with van der Waals surface area (Å²) >= 11 is 7.14. The Morgan fingerprint density at radius 1 is 0.581 bits per heavy atom. The van der Waals surface area contributed by atoms with Gasteiger partial charge in [-0.05, 0) is 105 Å². The van der Waals surface area contributed by atoms with E-state index in [1.807, 2.05) is 140 Å². The summed E-state index contributed by atoms with van der Waals surface area (Å²) in [6.07, 6.45) is 6.26. The molecular weight excluding hydrogens is 912 g/mol. The van der Waals surface area contributed by atoms with E-state index in [-0.39, 0.29) is 11.5 Å². The van der Waals surface area contributed by atoms with Gasteiger partial charge >= 0.3 is 11.9 Å². The number of aromatic carboxylic acids is 1. The molecule has 1 N–H and O–H groups in total. The van der Waals surface area contributed by atoms with Crippen molar-refractivity contribution >= 4 is 43.8 Å². The topological polar surface area (TPSA) is 118 Å². The van der Waals surface area contributed by atoms with Crippen molar-refractivity contribution in [1.29, 1.82) is 0 Å². The molecule has 0 unspecified atom stereocenters. The number of hydrogen-bond acceptors (Lipinski definition) is 7. The minimum Gasteiger partial charge on any atom is -0.488 e. The highest BCUT2D eigenvalue weighted by Gasteiger charge is 2.19. The highest BCUT2D eigenvalue weighted by Crippen LogP contribution is 2.38. The maximum Gasteiger partial charge on any atom is 0.339 e. The summed E-state index contributed by atoms with van der Waals surface area (Å²) in [6.45, 7) is 7.01. The molecule has 0 amide bonds. The number of carbonyl (C=O) groups is 2. The van der Waals surface area contributed by atoms with Gasteiger partial charge in [0.1, 0.15) is 24.7 Å². The zero-order chi connectivity index (χ0) is 43.6. The number of carbonyl (C=O) groups excluding carboxylic acids is 1. The Labute approximate surface area is 376 Å². The molecular formula is C50H42Br2N4O6. The van der Waals surface area contributed by atoms with Crippen LogP contribution in [0.15, 0.2) is 167 Å². The van der Waals surface area contributed by atoms with E-state index in [9.17, 15) is 14.7 Å². The van der Waals surface area contributed by atoms with Crippen LogP contribution in [0.25, 0.3) is 33.9 Å². The van der Waals surface area contributed by atoms with Crippen molar-refractivity contribution in [3.8, 4) is 45.4 Å². The van der Waals surface area contributed by atoms with Crippen molar-refractivity contribution in [2.45, 2.75) is 34.0 Å². The highest BCUT2D eigenvalue weighted by atomic mass is 79.9. The molecule has 0 radical (unpaired) electrons. The Hall–Kier alpha value is -6.76. The summed E-state index contributed by atoms with van der Waals surface area (Å²) in [5.74, 6) is 0.113. The molecule has 0 atom stereocenters. The molecule has 0 bridgehead atoms. The number of pyridine rings is 2. The average molecular weight is 955 g/mol. The van der Waals surface area contributed by atoms with E-state index in [2.05, 4.69) is 46.4 Å². The van der Waals surface area contributed by atoms with E-state index < -0.39 is 5.97 Å². The number of benzene rings is 4. The first-order valence-corrected chi connectivity index (χ1v) is 21.3. The van der Waals surface area contributed by atoms with Crippen molar-refractivity contribution in [2.24, 2.45) is 0 Å².